The van der Waals surface area contributed by atoms with E-state index in [0.717, 1.165) is 36.3 Å². The van der Waals surface area contributed by atoms with Crippen molar-refractivity contribution in [3.63, 3.8) is 0 Å². The first-order valence-corrected chi connectivity index (χ1v) is 12.4. The van der Waals surface area contributed by atoms with Gasteiger partial charge in [0.1, 0.15) is 5.75 Å². The summed E-state index contributed by atoms with van der Waals surface area (Å²) in [5.41, 5.74) is 4.29. The third kappa shape index (κ3) is 5.80. The van der Waals surface area contributed by atoms with Crippen LogP contribution < -0.4 is 4.74 Å². The Bertz CT molecular complexity index is 1080. The van der Waals surface area contributed by atoms with Crippen molar-refractivity contribution in [2.24, 2.45) is 5.92 Å². The number of pyridine rings is 1. The van der Waals surface area contributed by atoms with Gasteiger partial charge in [0.05, 0.1) is 30.3 Å². The molecule has 4 rings (SSSR count). The number of methoxy groups -OCH3 is 1. The fourth-order valence-electron chi connectivity index (χ4n) is 4.63. The summed E-state index contributed by atoms with van der Waals surface area (Å²) in [7, 11) is 3.53. The molecule has 178 valence electrons. The van der Waals surface area contributed by atoms with Crippen molar-refractivity contribution >= 4 is 23.2 Å². The molecule has 3 heterocycles. The van der Waals surface area contributed by atoms with Gasteiger partial charge in [-0.05, 0) is 55.0 Å². The summed E-state index contributed by atoms with van der Waals surface area (Å²) in [6.45, 7) is 1.38. The number of piperidine rings is 1. The van der Waals surface area contributed by atoms with Crippen molar-refractivity contribution in [2.75, 3.05) is 27.2 Å². The lowest BCUT2D eigenvalue weighted by molar-refractivity contribution is -0.132. The molecule has 0 saturated carbocycles. The number of likely N-dealkylation sites (N-methyl/N-ethyl adjacent to an activating group) is 1. The number of hydrogen-bond donors (Lipinski definition) is 0. The highest BCUT2D eigenvalue weighted by Gasteiger charge is 2.33. The predicted molar refractivity (Wildman–Crippen MR) is 132 cm³/mol. The summed E-state index contributed by atoms with van der Waals surface area (Å²) < 4.78 is 5.41. The molecule has 1 atom stereocenters. The molecule has 34 heavy (non-hydrogen) atoms. The molecule has 7 nitrogen and oxygen atoms in total. The number of thiazole rings is 1. The number of hydrogen-bond acceptors (Lipinski definition) is 6. The number of carbonyl (C=O) groups is 2. The normalized spacial score (nSPS) is 15.1. The maximum absolute atomic E-state index is 13.3. The molecule has 1 fully saturated rings. The molecule has 2 amide bonds. The van der Waals surface area contributed by atoms with Crippen LogP contribution in [-0.4, -0.2) is 64.9 Å². The second-order valence-electron chi connectivity index (χ2n) is 8.66. The molecule has 2 aromatic heterocycles. The molecule has 8 heteroatoms. The summed E-state index contributed by atoms with van der Waals surface area (Å²) >= 11 is 1.51. The Hall–Kier alpha value is -3.26. The first-order chi connectivity index (χ1) is 16.5. The average molecular weight is 479 g/mol. The molecule has 0 spiro atoms. The van der Waals surface area contributed by atoms with Crippen molar-refractivity contribution < 1.29 is 14.3 Å². The molecule has 1 aliphatic heterocycles. The van der Waals surface area contributed by atoms with E-state index in [9.17, 15) is 9.59 Å². The van der Waals surface area contributed by atoms with E-state index < -0.39 is 0 Å². The van der Waals surface area contributed by atoms with Gasteiger partial charge in [0.2, 0.25) is 5.91 Å². The maximum atomic E-state index is 13.3. The van der Waals surface area contributed by atoms with E-state index in [2.05, 4.69) is 16.0 Å². The Morgan fingerprint density at radius 3 is 2.74 bits per heavy atom. The van der Waals surface area contributed by atoms with Crippen LogP contribution in [0.25, 0.3) is 0 Å². The highest BCUT2D eigenvalue weighted by Crippen LogP contribution is 2.28. The number of nitrogens with zero attached hydrogens (tertiary/aromatic N) is 4. The lowest BCUT2D eigenvalue weighted by Crippen LogP contribution is -2.48. The van der Waals surface area contributed by atoms with Crippen LogP contribution in [0.3, 0.4) is 0 Å². The largest absolute Gasteiger partial charge is 0.497 e. The minimum Gasteiger partial charge on any atom is -0.497 e. The standard InChI is InChI=1S/C26H30N4O3S/c1-29(26(32)21-6-4-10-27-16-21)24(14-19-5-3-7-23(13-19)33-2)20-8-11-30(12-9-20)25(31)15-22-17-34-18-28-22/h3-7,10,13,16-18,20,24H,8-9,11-12,14-15H2,1-2H3. The van der Waals surface area contributed by atoms with E-state index in [-0.39, 0.29) is 23.8 Å². The van der Waals surface area contributed by atoms with Gasteiger partial charge in [-0.1, -0.05) is 12.1 Å². The van der Waals surface area contributed by atoms with Crippen molar-refractivity contribution in [1.29, 1.82) is 0 Å². The SMILES string of the molecule is COc1cccc(CC(C2CCN(C(=O)Cc3cscn3)CC2)N(C)C(=O)c2cccnc2)c1. The number of amides is 2. The lowest BCUT2D eigenvalue weighted by atomic mass is 9.84. The van der Waals surface area contributed by atoms with Crippen LogP contribution in [0.5, 0.6) is 5.75 Å². The van der Waals surface area contributed by atoms with Gasteiger partial charge in [-0.25, -0.2) is 4.98 Å². The number of rotatable bonds is 8. The summed E-state index contributed by atoms with van der Waals surface area (Å²) in [5.74, 6) is 1.16. The third-order valence-corrected chi connectivity index (χ3v) is 7.19. The smallest absolute Gasteiger partial charge is 0.255 e. The summed E-state index contributed by atoms with van der Waals surface area (Å²) in [4.78, 5) is 38.2. The van der Waals surface area contributed by atoms with E-state index in [0.29, 0.717) is 25.1 Å². The monoisotopic (exact) mass is 478 g/mol. The van der Waals surface area contributed by atoms with Crippen LogP contribution in [0.1, 0.15) is 34.5 Å². The Morgan fingerprint density at radius 2 is 2.06 bits per heavy atom. The third-order valence-electron chi connectivity index (χ3n) is 6.56. The van der Waals surface area contributed by atoms with Crippen molar-refractivity contribution in [3.05, 3.63) is 76.5 Å². The zero-order chi connectivity index (χ0) is 23.9. The molecule has 0 N–H and O–H groups in total. The number of ether oxygens (including phenoxy) is 1. The summed E-state index contributed by atoms with van der Waals surface area (Å²) in [5, 5.41) is 1.92. The number of aromatic nitrogens is 2. The van der Waals surface area contributed by atoms with Gasteiger partial charge in [0, 0.05) is 44.0 Å². The summed E-state index contributed by atoms with van der Waals surface area (Å²) in [6, 6.07) is 11.6. The molecule has 0 aliphatic carbocycles. The quantitative estimate of drug-likeness (QED) is 0.493. The first kappa shape index (κ1) is 23.9. The van der Waals surface area contributed by atoms with E-state index in [1.54, 1.807) is 37.1 Å². The van der Waals surface area contributed by atoms with Crippen LogP contribution in [-0.2, 0) is 17.6 Å². The molecule has 1 saturated heterocycles. The fraction of sp³-hybridized carbons (Fsp3) is 0.385. The van der Waals surface area contributed by atoms with Gasteiger partial charge in [0.25, 0.3) is 5.91 Å². The summed E-state index contributed by atoms with van der Waals surface area (Å²) in [6.07, 6.45) is 6.05. The van der Waals surface area contributed by atoms with Gasteiger partial charge >= 0.3 is 0 Å². The molecule has 3 aromatic rings. The molecule has 1 aromatic carbocycles. The predicted octanol–water partition coefficient (Wildman–Crippen LogP) is 3.71. The average Bonchev–Trinajstić information content (AvgIpc) is 3.40. The first-order valence-electron chi connectivity index (χ1n) is 11.5. The van der Waals surface area contributed by atoms with E-state index >= 15 is 0 Å². The van der Waals surface area contributed by atoms with Gasteiger partial charge in [-0.3, -0.25) is 14.6 Å². The number of carbonyl (C=O) groups excluding carboxylic acids is 2. The second kappa shape index (κ2) is 11.2. The minimum atomic E-state index is -0.0389. The highest BCUT2D eigenvalue weighted by atomic mass is 32.1. The van der Waals surface area contributed by atoms with E-state index in [1.165, 1.54) is 11.3 Å². The lowest BCUT2D eigenvalue weighted by Gasteiger charge is -2.40. The zero-order valence-corrected chi connectivity index (χ0v) is 20.4. The molecule has 0 radical (unpaired) electrons. The number of likely N-dealkylation sites (tertiary alicyclic amines) is 1. The Morgan fingerprint density at radius 1 is 1.24 bits per heavy atom. The van der Waals surface area contributed by atoms with Crippen molar-refractivity contribution in [2.45, 2.75) is 31.7 Å². The van der Waals surface area contributed by atoms with Gasteiger partial charge in [-0.15, -0.1) is 11.3 Å². The van der Waals surface area contributed by atoms with Crippen molar-refractivity contribution in [3.8, 4) is 5.75 Å². The number of benzene rings is 1. The Kier molecular flexibility index (Phi) is 7.90. The topological polar surface area (TPSA) is 75.6 Å². The van der Waals surface area contributed by atoms with Crippen LogP contribution in [0.2, 0.25) is 0 Å². The highest BCUT2D eigenvalue weighted by molar-refractivity contribution is 7.07. The van der Waals surface area contributed by atoms with Crippen LogP contribution in [0.15, 0.2) is 59.7 Å². The molecule has 1 unspecified atom stereocenters. The van der Waals surface area contributed by atoms with Gasteiger partial charge < -0.3 is 14.5 Å². The molecule has 0 bridgehead atoms. The molecular weight excluding hydrogens is 448 g/mol. The van der Waals surface area contributed by atoms with Gasteiger partial charge in [0.15, 0.2) is 0 Å². The van der Waals surface area contributed by atoms with Crippen molar-refractivity contribution in [1.82, 2.24) is 19.8 Å². The van der Waals surface area contributed by atoms with Crippen LogP contribution in [0, 0.1) is 5.92 Å². The fourth-order valence-corrected chi connectivity index (χ4v) is 5.19. The van der Waals surface area contributed by atoms with Gasteiger partial charge in [-0.2, -0.15) is 0 Å². The maximum Gasteiger partial charge on any atom is 0.255 e. The van der Waals surface area contributed by atoms with Crippen LogP contribution >= 0.6 is 11.3 Å². The van der Waals surface area contributed by atoms with Crippen LogP contribution in [0.4, 0.5) is 0 Å². The molecular formula is C26H30N4O3S. The Labute approximate surface area is 204 Å². The second-order valence-corrected chi connectivity index (χ2v) is 9.37. The zero-order valence-electron chi connectivity index (χ0n) is 19.6. The van der Waals surface area contributed by atoms with E-state index in [1.807, 2.05) is 40.4 Å². The minimum absolute atomic E-state index is 0.00407. The molecule has 1 aliphatic rings. The van der Waals surface area contributed by atoms with E-state index in [4.69, 9.17) is 4.74 Å². The Balaban J connectivity index is 1.48.